The molecule has 6 rings (SSSR count). The summed E-state index contributed by atoms with van der Waals surface area (Å²) < 4.78 is 18.8. The largest absolute Gasteiger partial charge is 0.497 e. The molecule has 0 spiro atoms. The summed E-state index contributed by atoms with van der Waals surface area (Å²) in [5.41, 5.74) is 7.65. The van der Waals surface area contributed by atoms with Crippen LogP contribution in [0, 0.1) is 6.92 Å². The lowest BCUT2D eigenvalue weighted by Gasteiger charge is -2.24. The van der Waals surface area contributed by atoms with Crippen molar-refractivity contribution < 1.29 is 28.6 Å². The molecular formula is C33H34N2O6. The van der Waals surface area contributed by atoms with Crippen LogP contribution in [0.5, 0.6) is 5.75 Å². The van der Waals surface area contributed by atoms with Gasteiger partial charge in [-0.15, -0.1) is 0 Å². The summed E-state index contributed by atoms with van der Waals surface area (Å²) in [6.07, 6.45) is 10.2. The van der Waals surface area contributed by atoms with Crippen LogP contribution in [0.4, 0.5) is 0 Å². The highest BCUT2D eigenvalue weighted by Crippen LogP contribution is 2.48. The number of aromatic carboxylic acids is 1. The summed E-state index contributed by atoms with van der Waals surface area (Å²) in [7, 11) is 3.04. The van der Waals surface area contributed by atoms with Gasteiger partial charge in [0, 0.05) is 28.5 Å². The summed E-state index contributed by atoms with van der Waals surface area (Å²) in [6, 6.07) is 9.61. The first-order valence-electron chi connectivity index (χ1n) is 14.2. The van der Waals surface area contributed by atoms with E-state index in [1.54, 1.807) is 25.4 Å². The lowest BCUT2D eigenvalue weighted by molar-refractivity contribution is -0.140. The van der Waals surface area contributed by atoms with Crippen molar-refractivity contribution in [2.75, 3.05) is 14.2 Å². The summed E-state index contributed by atoms with van der Waals surface area (Å²) in [5, 5.41) is 11.0. The molecule has 8 heteroatoms. The maximum Gasteiger partial charge on any atom is 0.335 e. The number of ether oxygens (including phenoxy) is 2. The monoisotopic (exact) mass is 554 g/mol. The van der Waals surface area contributed by atoms with E-state index >= 15 is 0 Å². The molecule has 1 saturated carbocycles. The fraction of sp³-hybridized carbons (Fsp3) is 0.364. The number of rotatable bonds is 7. The summed E-state index contributed by atoms with van der Waals surface area (Å²) in [5.74, 6) is 0.975. The molecule has 2 aromatic carbocycles. The van der Waals surface area contributed by atoms with Crippen LogP contribution < -0.4 is 4.74 Å². The summed E-state index contributed by atoms with van der Waals surface area (Å²) >= 11 is 0. The highest BCUT2D eigenvalue weighted by molar-refractivity contribution is 6.01. The molecule has 8 nitrogen and oxygen atoms in total. The van der Waals surface area contributed by atoms with E-state index in [9.17, 15) is 14.7 Å². The molecule has 4 aromatic rings. The number of hydrogen-bond donors (Lipinski definition) is 1. The Morgan fingerprint density at radius 3 is 2.66 bits per heavy atom. The number of carboxylic acids is 1. The van der Waals surface area contributed by atoms with Gasteiger partial charge in [0.25, 0.3) is 0 Å². The predicted octanol–water partition coefficient (Wildman–Crippen LogP) is 7.02. The van der Waals surface area contributed by atoms with Crippen molar-refractivity contribution in [3.05, 3.63) is 70.4 Å². The fourth-order valence-electron chi connectivity index (χ4n) is 6.51. The number of esters is 1. The van der Waals surface area contributed by atoms with E-state index < -0.39 is 5.97 Å². The van der Waals surface area contributed by atoms with Crippen molar-refractivity contribution in [3.63, 3.8) is 0 Å². The first-order chi connectivity index (χ1) is 19.9. The van der Waals surface area contributed by atoms with Gasteiger partial charge < -0.3 is 23.6 Å². The molecule has 0 atom stereocenters. The van der Waals surface area contributed by atoms with Crippen molar-refractivity contribution in [2.45, 2.75) is 64.3 Å². The van der Waals surface area contributed by atoms with Gasteiger partial charge in [-0.05, 0) is 72.7 Å². The highest BCUT2D eigenvalue weighted by Gasteiger charge is 2.31. The van der Waals surface area contributed by atoms with Crippen LogP contribution in [-0.2, 0) is 22.5 Å². The number of hydrogen-bond acceptors (Lipinski definition) is 6. The first-order valence-corrected chi connectivity index (χ1v) is 14.2. The van der Waals surface area contributed by atoms with Gasteiger partial charge in [-0.2, -0.15) is 0 Å². The van der Waals surface area contributed by atoms with Gasteiger partial charge in [0.05, 0.1) is 44.6 Å². The summed E-state index contributed by atoms with van der Waals surface area (Å²) in [6.45, 7) is 2.56. The summed E-state index contributed by atoms with van der Waals surface area (Å²) in [4.78, 5) is 28.3. The molecular weight excluding hydrogens is 520 g/mol. The zero-order valence-corrected chi connectivity index (χ0v) is 23.7. The average Bonchev–Trinajstić information content (AvgIpc) is 3.53. The van der Waals surface area contributed by atoms with E-state index in [2.05, 4.69) is 28.6 Å². The third-order valence-electron chi connectivity index (χ3n) is 8.47. The standard InChI is InChI=1S/C33H34N2O6/c1-19-13-25(39-2)15-22-14-23(32-34-17-24(41-32)10-12-28(36)40-3)18-35-27-16-21(33(37)38)9-11-26(27)30(31(35)29(19)22)20-7-5-4-6-8-20/h9,11,13-17,20H,4-8,10,12,18H2,1-3H3,(H,37,38). The molecule has 41 heavy (non-hydrogen) atoms. The number of oxazole rings is 1. The molecule has 0 saturated heterocycles. The van der Waals surface area contributed by atoms with Crippen molar-refractivity contribution in [3.8, 4) is 17.0 Å². The van der Waals surface area contributed by atoms with Crippen LogP contribution >= 0.6 is 0 Å². The predicted molar refractivity (Wildman–Crippen MR) is 156 cm³/mol. The second kappa shape index (κ2) is 10.9. The Morgan fingerprint density at radius 2 is 1.93 bits per heavy atom. The van der Waals surface area contributed by atoms with Crippen LogP contribution in [0.3, 0.4) is 0 Å². The Morgan fingerprint density at radius 1 is 1.12 bits per heavy atom. The molecule has 212 valence electrons. The molecule has 1 aliphatic heterocycles. The van der Waals surface area contributed by atoms with Gasteiger partial charge >= 0.3 is 11.9 Å². The number of benzene rings is 2. The lowest BCUT2D eigenvalue weighted by atomic mass is 9.81. The van der Waals surface area contributed by atoms with Crippen LogP contribution in [-0.4, -0.2) is 40.8 Å². The van der Waals surface area contributed by atoms with Crippen molar-refractivity contribution in [1.82, 2.24) is 9.55 Å². The Bertz CT molecular complexity index is 1690. The molecule has 2 aromatic heterocycles. The van der Waals surface area contributed by atoms with Crippen molar-refractivity contribution in [2.24, 2.45) is 0 Å². The number of nitrogens with zero attached hydrogens (tertiary/aromatic N) is 2. The first kappa shape index (κ1) is 26.9. The van der Waals surface area contributed by atoms with E-state index in [0.29, 0.717) is 30.5 Å². The second-order valence-electron chi connectivity index (χ2n) is 11.0. The smallest absolute Gasteiger partial charge is 0.335 e. The molecule has 0 radical (unpaired) electrons. The van der Waals surface area contributed by atoms with Gasteiger partial charge in [0.1, 0.15) is 11.5 Å². The van der Waals surface area contributed by atoms with E-state index in [-0.39, 0.29) is 18.0 Å². The van der Waals surface area contributed by atoms with E-state index in [1.165, 1.54) is 31.9 Å². The van der Waals surface area contributed by atoms with Crippen molar-refractivity contribution in [1.29, 1.82) is 0 Å². The van der Waals surface area contributed by atoms with E-state index in [0.717, 1.165) is 57.5 Å². The van der Waals surface area contributed by atoms with Crippen LogP contribution in [0.1, 0.15) is 83.1 Å². The van der Waals surface area contributed by atoms with Gasteiger partial charge in [-0.25, -0.2) is 9.78 Å². The molecule has 0 bridgehead atoms. The molecule has 3 heterocycles. The number of allylic oxidation sites excluding steroid dienone is 1. The number of carbonyl (C=O) groups excluding carboxylic acids is 1. The topological polar surface area (TPSA) is 104 Å². The molecule has 0 amide bonds. The minimum atomic E-state index is -0.949. The SMILES string of the molecule is COC(=O)CCc1cnc(C2=Cc3cc(OC)cc(C)c3-c3c(C4CCCCC4)c4ccc(C(=O)O)cc4n3C2)o1. The molecule has 1 aliphatic carbocycles. The van der Waals surface area contributed by atoms with Gasteiger partial charge in [0.2, 0.25) is 5.89 Å². The van der Waals surface area contributed by atoms with Crippen molar-refractivity contribution >= 4 is 34.5 Å². The Hall–Kier alpha value is -4.33. The Labute approximate surface area is 238 Å². The van der Waals surface area contributed by atoms with E-state index in [4.69, 9.17) is 13.9 Å². The zero-order valence-electron chi connectivity index (χ0n) is 23.7. The Kier molecular flexibility index (Phi) is 7.15. The molecule has 1 fully saturated rings. The van der Waals surface area contributed by atoms with Gasteiger partial charge in [0.15, 0.2) is 0 Å². The quantitative estimate of drug-likeness (QED) is 0.245. The third kappa shape index (κ3) is 4.92. The zero-order chi connectivity index (χ0) is 28.7. The number of aryl methyl sites for hydroxylation is 2. The Balaban J connectivity index is 1.59. The highest BCUT2D eigenvalue weighted by atomic mass is 16.5. The molecule has 0 unspecified atom stereocenters. The normalized spacial score (nSPS) is 15.1. The molecule has 2 aliphatic rings. The number of aromatic nitrogens is 2. The average molecular weight is 555 g/mol. The minimum Gasteiger partial charge on any atom is -0.497 e. The second-order valence-corrected chi connectivity index (χ2v) is 11.0. The number of fused-ring (bicyclic) bond motifs is 5. The van der Waals surface area contributed by atoms with Crippen LogP contribution in [0.2, 0.25) is 0 Å². The van der Waals surface area contributed by atoms with Gasteiger partial charge in [-0.1, -0.05) is 25.3 Å². The minimum absolute atomic E-state index is 0.207. The molecule has 1 N–H and O–H groups in total. The number of methoxy groups -OCH3 is 2. The number of carboxylic acid groups (broad SMARTS) is 1. The fourth-order valence-corrected chi connectivity index (χ4v) is 6.51. The van der Waals surface area contributed by atoms with E-state index in [1.807, 2.05) is 12.1 Å². The lowest BCUT2D eigenvalue weighted by Crippen LogP contribution is -2.08. The maximum atomic E-state index is 12.0. The third-order valence-corrected chi connectivity index (χ3v) is 8.47. The maximum absolute atomic E-state index is 12.0. The van der Waals surface area contributed by atoms with Crippen LogP contribution in [0.25, 0.3) is 33.8 Å². The van der Waals surface area contributed by atoms with Crippen LogP contribution in [0.15, 0.2) is 40.9 Å². The number of carbonyl (C=O) groups is 2. The van der Waals surface area contributed by atoms with Gasteiger partial charge in [-0.3, -0.25) is 4.79 Å².